The molecule has 2 amide bonds. The van der Waals surface area contributed by atoms with Crippen molar-refractivity contribution in [2.45, 2.75) is 37.8 Å². The molecule has 2 aliphatic heterocycles. The number of carbonyl (C=O) groups is 2. The molecule has 0 bridgehead atoms. The highest BCUT2D eigenvalue weighted by Gasteiger charge is 2.36. The average molecular weight is 435 g/mol. The van der Waals surface area contributed by atoms with Crippen molar-refractivity contribution in [3.63, 3.8) is 0 Å². The van der Waals surface area contributed by atoms with E-state index in [0.717, 1.165) is 44.5 Å². The third-order valence-corrected chi connectivity index (χ3v) is 5.37. The molecule has 1 saturated heterocycles. The molecule has 0 spiro atoms. The monoisotopic (exact) mass is 435 g/mol. The first kappa shape index (κ1) is 20.9. The lowest BCUT2D eigenvalue weighted by molar-refractivity contribution is -0.137. The zero-order valence-corrected chi connectivity index (χ0v) is 16.4. The Morgan fingerprint density at radius 2 is 1.90 bits per heavy atom. The number of halogens is 3. The van der Waals surface area contributed by atoms with Crippen molar-refractivity contribution in [1.82, 2.24) is 9.97 Å². The van der Waals surface area contributed by atoms with Gasteiger partial charge in [-0.25, -0.2) is 0 Å². The van der Waals surface area contributed by atoms with E-state index in [1.54, 1.807) is 0 Å². The van der Waals surface area contributed by atoms with Crippen LogP contribution in [0.3, 0.4) is 0 Å². The van der Waals surface area contributed by atoms with Crippen LogP contribution in [-0.4, -0.2) is 34.9 Å². The number of hydrogen-bond acceptors (Lipinski definition) is 5. The Hall–Kier alpha value is -3.37. The molecule has 1 aromatic heterocycles. The Morgan fingerprint density at radius 3 is 2.61 bits per heavy atom. The van der Waals surface area contributed by atoms with Crippen molar-refractivity contribution in [1.29, 1.82) is 0 Å². The molecule has 4 rings (SSSR count). The topological polar surface area (TPSA) is 107 Å². The lowest BCUT2D eigenvalue weighted by atomic mass is 9.92. The maximum absolute atomic E-state index is 12.9. The fraction of sp³-hybridized carbons (Fsp3) is 0.400. The minimum atomic E-state index is -4.57. The summed E-state index contributed by atoms with van der Waals surface area (Å²) in [7, 11) is 0. The second kappa shape index (κ2) is 8.05. The predicted molar refractivity (Wildman–Crippen MR) is 107 cm³/mol. The molecular formula is C20H20F3N5O3. The number of aromatic amines is 1. The van der Waals surface area contributed by atoms with E-state index in [2.05, 4.69) is 20.6 Å². The van der Waals surface area contributed by atoms with Gasteiger partial charge in [-0.1, -0.05) is 6.07 Å². The number of aromatic nitrogens is 2. The van der Waals surface area contributed by atoms with E-state index in [0.29, 0.717) is 5.95 Å². The lowest BCUT2D eigenvalue weighted by Crippen LogP contribution is -2.38. The number of benzene rings is 1. The summed E-state index contributed by atoms with van der Waals surface area (Å²) in [5.74, 6) is -2.11. The number of alkyl halides is 3. The van der Waals surface area contributed by atoms with Crippen molar-refractivity contribution in [2.24, 2.45) is 0 Å². The zero-order valence-electron chi connectivity index (χ0n) is 16.4. The highest BCUT2D eigenvalue weighted by atomic mass is 19.4. The number of nitrogens with zero attached hydrogens (tertiary/aromatic N) is 2. The van der Waals surface area contributed by atoms with Gasteiger partial charge in [0.2, 0.25) is 17.8 Å². The van der Waals surface area contributed by atoms with Gasteiger partial charge in [0.15, 0.2) is 0 Å². The molecule has 8 nitrogen and oxygen atoms in total. The number of anilines is 3. The van der Waals surface area contributed by atoms with Crippen LogP contribution < -0.4 is 21.1 Å². The molecule has 2 aromatic rings. The number of carbonyl (C=O) groups excluding carboxylic acids is 2. The zero-order chi connectivity index (χ0) is 22.2. The minimum Gasteiger partial charge on any atom is -0.342 e. The van der Waals surface area contributed by atoms with Gasteiger partial charge in [-0.3, -0.25) is 19.4 Å². The molecule has 2 aliphatic rings. The molecule has 0 unspecified atom stereocenters. The van der Waals surface area contributed by atoms with Crippen LogP contribution in [0, 0.1) is 0 Å². The number of piperidine rings is 1. The van der Waals surface area contributed by atoms with Crippen molar-refractivity contribution in [3.05, 3.63) is 45.7 Å². The SMILES string of the molecule is O=C1C[C@H](C(=O)Nc2cccc(C(F)(F)F)c2)c2c(nc(N3CCCCC3)[nH]c2=O)N1. The van der Waals surface area contributed by atoms with Gasteiger partial charge in [0.25, 0.3) is 5.56 Å². The third-order valence-electron chi connectivity index (χ3n) is 5.37. The Balaban J connectivity index is 1.62. The Kier molecular flexibility index (Phi) is 5.42. The smallest absolute Gasteiger partial charge is 0.342 e. The van der Waals surface area contributed by atoms with E-state index >= 15 is 0 Å². The van der Waals surface area contributed by atoms with E-state index in [1.807, 2.05) is 4.90 Å². The van der Waals surface area contributed by atoms with Crippen LogP contribution in [0.1, 0.15) is 42.7 Å². The fourth-order valence-corrected chi connectivity index (χ4v) is 3.84. The van der Waals surface area contributed by atoms with Gasteiger partial charge in [-0.15, -0.1) is 0 Å². The van der Waals surface area contributed by atoms with Gasteiger partial charge in [0, 0.05) is 25.2 Å². The first-order valence-corrected chi connectivity index (χ1v) is 9.89. The van der Waals surface area contributed by atoms with Gasteiger partial charge >= 0.3 is 6.18 Å². The van der Waals surface area contributed by atoms with Gasteiger partial charge < -0.3 is 15.5 Å². The second-order valence-electron chi connectivity index (χ2n) is 7.57. The molecule has 31 heavy (non-hydrogen) atoms. The molecule has 1 atom stereocenters. The predicted octanol–water partition coefficient (Wildman–Crippen LogP) is 2.84. The molecule has 11 heteroatoms. The van der Waals surface area contributed by atoms with E-state index in [1.165, 1.54) is 12.1 Å². The summed E-state index contributed by atoms with van der Waals surface area (Å²) in [4.78, 5) is 46.7. The van der Waals surface area contributed by atoms with Crippen LogP contribution in [0.15, 0.2) is 29.1 Å². The summed E-state index contributed by atoms with van der Waals surface area (Å²) in [6.45, 7) is 1.43. The van der Waals surface area contributed by atoms with Crippen LogP contribution in [-0.2, 0) is 15.8 Å². The van der Waals surface area contributed by atoms with Crippen molar-refractivity contribution in [2.75, 3.05) is 28.6 Å². The van der Waals surface area contributed by atoms with Crippen molar-refractivity contribution >= 4 is 29.3 Å². The van der Waals surface area contributed by atoms with E-state index in [4.69, 9.17) is 0 Å². The van der Waals surface area contributed by atoms with Gasteiger partial charge in [-0.05, 0) is 37.5 Å². The molecule has 164 valence electrons. The van der Waals surface area contributed by atoms with Gasteiger partial charge in [0.1, 0.15) is 5.82 Å². The largest absolute Gasteiger partial charge is 0.416 e. The molecule has 0 aliphatic carbocycles. The Morgan fingerprint density at radius 1 is 1.16 bits per heavy atom. The first-order chi connectivity index (χ1) is 14.7. The summed E-state index contributed by atoms with van der Waals surface area (Å²) < 4.78 is 38.8. The number of amides is 2. The van der Waals surface area contributed by atoms with Gasteiger partial charge in [-0.2, -0.15) is 18.2 Å². The molecule has 0 saturated carbocycles. The number of fused-ring (bicyclic) bond motifs is 1. The highest BCUT2D eigenvalue weighted by Crippen LogP contribution is 2.33. The number of H-pyrrole nitrogens is 1. The minimum absolute atomic E-state index is 0.00441. The number of hydrogen-bond donors (Lipinski definition) is 3. The summed E-state index contributed by atoms with van der Waals surface area (Å²) in [6.07, 6.45) is -1.89. The normalized spacial score (nSPS) is 18.9. The molecular weight excluding hydrogens is 415 g/mol. The lowest BCUT2D eigenvalue weighted by Gasteiger charge is -2.29. The standard InChI is InChI=1S/C20H20F3N5O3/c21-20(22,23)11-5-4-6-12(9-11)24-17(30)13-10-14(29)25-16-15(13)18(31)27-19(26-16)28-7-2-1-3-8-28/h4-6,9,13H,1-3,7-8,10H2,(H,24,30)(H2,25,26,27,29,31)/t13-/m0/s1. The molecule has 1 aromatic carbocycles. The molecule has 3 N–H and O–H groups in total. The summed E-state index contributed by atoms with van der Waals surface area (Å²) in [5, 5.41) is 4.91. The fourth-order valence-electron chi connectivity index (χ4n) is 3.84. The van der Waals surface area contributed by atoms with Crippen LogP contribution >= 0.6 is 0 Å². The Labute approximate surface area is 174 Å². The van der Waals surface area contributed by atoms with E-state index < -0.39 is 35.0 Å². The summed E-state index contributed by atoms with van der Waals surface area (Å²) in [6, 6.07) is 4.15. The number of nitrogens with one attached hydrogen (secondary N) is 3. The summed E-state index contributed by atoms with van der Waals surface area (Å²) >= 11 is 0. The molecule has 0 radical (unpaired) electrons. The average Bonchev–Trinajstić information content (AvgIpc) is 2.73. The van der Waals surface area contributed by atoms with Crippen LogP contribution in [0.2, 0.25) is 0 Å². The van der Waals surface area contributed by atoms with E-state index in [-0.39, 0.29) is 23.5 Å². The third kappa shape index (κ3) is 4.39. The van der Waals surface area contributed by atoms with Crippen LogP contribution in [0.25, 0.3) is 0 Å². The Bertz CT molecular complexity index is 1080. The van der Waals surface area contributed by atoms with E-state index in [9.17, 15) is 27.6 Å². The maximum Gasteiger partial charge on any atom is 0.416 e. The number of rotatable bonds is 3. The van der Waals surface area contributed by atoms with Crippen molar-refractivity contribution < 1.29 is 22.8 Å². The quantitative estimate of drug-likeness (QED) is 0.687. The second-order valence-corrected chi connectivity index (χ2v) is 7.57. The maximum atomic E-state index is 12.9. The molecule has 3 heterocycles. The van der Waals surface area contributed by atoms with Crippen LogP contribution in [0.4, 0.5) is 30.6 Å². The first-order valence-electron chi connectivity index (χ1n) is 9.89. The van der Waals surface area contributed by atoms with Crippen LogP contribution in [0.5, 0.6) is 0 Å². The summed E-state index contributed by atoms with van der Waals surface area (Å²) in [5.41, 5.74) is -1.57. The van der Waals surface area contributed by atoms with Gasteiger partial charge in [0.05, 0.1) is 17.0 Å². The highest BCUT2D eigenvalue weighted by molar-refractivity contribution is 6.04. The molecule has 1 fully saturated rings. The van der Waals surface area contributed by atoms with Crippen molar-refractivity contribution in [3.8, 4) is 0 Å².